The van der Waals surface area contributed by atoms with Gasteiger partial charge in [0.25, 0.3) is 5.91 Å². The molecule has 12 rings (SSSR count). The topological polar surface area (TPSA) is 113 Å². The van der Waals surface area contributed by atoms with Crippen LogP contribution in [-0.4, -0.2) is 92.1 Å². The van der Waals surface area contributed by atoms with Crippen molar-refractivity contribution in [2.45, 2.75) is 185 Å². The number of rotatable bonds is 8. The molecule has 2 aromatic carbocycles. The van der Waals surface area contributed by atoms with Gasteiger partial charge in [-0.3, -0.25) is 19.2 Å². The molecule has 87 heavy (non-hydrogen) atoms. The lowest BCUT2D eigenvalue weighted by Crippen LogP contribution is -2.68. The second-order valence-corrected chi connectivity index (χ2v) is 29.9. The molecule has 11 nitrogen and oxygen atoms in total. The van der Waals surface area contributed by atoms with Gasteiger partial charge in [0.15, 0.2) is 0 Å². The van der Waals surface area contributed by atoms with E-state index >= 15 is 9.59 Å². The number of anilines is 1. The smallest absolute Gasteiger partial charge is 0.303 e. The van der Waals surface area contributed by atoms with Crippen molar-refractivity contribution in [2.75, 3.05) is 51.2 Å². The molecule has 2 aromatic rings. The van der Waals surface area contributed by atoms with Gasteiger partial charge >= 0.3 is 11.9 Å². The van der Waals surface area contributed by atoms with E-state index in [0.717, 1.165) is 116 Å². The van der Waals surface area contributed by atoms with Gasteiger partial charge in [-0.15, -0.1) is 0 Å². The van der Waals surface area contributed by atoms with Crippen molar-refractivity contribution in [2.24, 2.45) is 56.7 Å². The first kappa shape index (κ1) is 61.0. The number of carbonyl (C=O) groups is 4. The number of hydrogen-bond donors (Lipinski definition) is 0. The third-order valence-corrected chi connectivity index (χ3v) is 25.1. The summed E-state index contributed by atoms with van der Waals surface area (Å²) in [7, 11) is 2.17. The summed E-state index contributed by atoms with van der Waals surface area (Å²) in [5, 5.41) is 1.12. The minimum atomic E-state index is -0.525. The Morgan fingerprint density at radius 2 is 1.46 bits per heavy atom. The van der Waals surface area contributed by atoms with Crippen LogP contribution in [0.4, 0.5) is 5.69 Å². The maximum Gasteiger partial charge on any atom is 0.303 e. The van der Waals surface area contributed by atoms with E-state index in [-0.39, 0.29) is 51.3 Å². The Kier molecular flexibility index (Phi) is 15.7. The number of allylic oxidation sites excluding steroid dienone is 6. The zero-order valence-electron chi connectivity index (χ0n) is 55.0. The fraction of sp³-hybridized carbons (Fsp3) is 0.592. The van der Waals surface area contributed by atoms with Gasteiger partial charge in [0.05, 0.1) is 11.5 Å². The summed E-state index contributed by atoms with van der Waals surface area (Å²) in [6.07, 6.45) is 16.9. The summed E-state index contributed by atoms with van der Waals surface area (Å²) in [5.41, 5.74) is 9.87. The summed E-state index contributed by atoms with van der Waals surface area (Å²) in [6, 6.07) is 23.6. The number of likely N-dealkylation sites (N-methyl/N-ethyl adjacent to an activating group) is 1. The monoisotopic (exact) mass is 1180 g/mol. The molecule has 2 amide bonds. The Balaban J connectivity index is 0.848. The first-order valence-corrected chi connectivity index (χ1v) is 33.5. The van der Waals surface area contributed by atoms with E-state index < -0.39 is 23.0 Å². The first-order chi connectivity index (χ1) is 41.4. The molecule has 11 heteroatoms. The lowest BCUT2D eigenvalue weighted by molar-refractivity contribution is -0.244. The highest BCUT2D eigenvalue weighted by molar-refractivity contribution is 6.04. The Hall–Kier alpha value is -6.23. The van der Waals surface area contributed by atoms with Crippen LogP contribution in [0.1, 0.15) is 188 Å². The summed E-state index contributed by atoms with van der Waals surface area (Å²) in [6.45, 7) is 32.8. The fourth-order valence-electron chi connectivity index (χ4n) is 20.4. The van der Waals surface area contributed by atoms with Crippen molar-refractivity contribution < 1.29 is 33.1 Å². The van der Waals surface area contributed by atoms with Crippen molar-refractivity contribution in [3.8, 4) is 22.5 Å². The van der Waals surface area contributed by atoms with Crippen molar-refractivity contribution in [3.05, 3.63) is 124 Å². The maximum absolute atomic E-state index is 16.1. The molecule has 464 valence electrons. The van der Waals surface area contributed by atoms with Gasteiger partial charge in [0.2, 0.25) is 11.3 Å². The minimum absolute atomic E-state index is 0.00956. The van der Waals surface area contributed by atoms with Crippen LogP contribution in [0, 0.1) is 56.7 Å². The Morgan fingerprint density at radius 3 is 2.20 bits per heavy atom. The maximum atomic E-state index is 16.1. The van der Waals surface area contributed by atoms with Gasteiger partial charge in [-0.25, -0.2) is 4.58 Å². The van der Waals surface area contributed by atoms with Crippen molar-refractivity contribution in [1.82, 2.24) is 14.4 Å². The Labute approximate surface area is 519 Å². The van der Waals surface area contributed by atoms with Crippen molar-refractivity contribution in [1.29, 1.82) is 0 Å². The summed E-state index contributed by atoms with van der Waals surface area (Å²) < 4.78 is 21.8. The van der Waals surface area contributed by atoms with E-state index in [2.05, 4.69) is 170 Å². The summed E-state index contributed by atoms with van der Waals surface area (Å²) >= 11 is 0. The van der Waals surface area contributed by atoms with E-state index in [1.165, 1.54) is 41.9 Å². The molecule has 5 fully saturated rings. The molecule has 3 aliphatic heterocycles. The van der Waals surface area contributed by atoms with E-state index in [1.54, 1.807) is 0 Å². The number of ether oxygens (including phenoxy) is 2. The fourth-order valence-corrected chi connectivity index (χ4v) is 20.4. The molecule has 1 saturated heterocycles. The number of esters is 2. The van der Waals surface area contributed by atoms with E-state index in [9.17, 15) is 9.59 Å². The van der Waals surface area contributed by atoms with Crippen LogP contribution in [-0.2, 0) is 35.7 Å². The lowest BCUT2D eigenvalue weighted by Gasteiger charge is -2.72. The van der Waals surface area contributed by atoms with E-state index in [4.69, 9.17) is 13.9 Å². The van der Waals surface area contributed by atoms with Crippen LogP contribution in [0.5, 0.6) is 0 Å². The molecule has 0 radical (unpaired) electrons. The number of para-hydroxylation sites is 1. The second-order valence-electron chi connectivity index (χ2n) is 29.9. The molecule has 3 heterocycles. The van der Waals surface area contributed by atoms with Gasteiger partial charge in [0.1, 0.15) is 36.8 Å². The first-order valence-electron chi connectivity index (χ1n) is 33.5. The quantitative estimate of drug-likeness (QED) is 0.0974. The minimum Gasteiger partial charge on any atom is -0.459 e. The van der Waals surface area contributed by atoms with Gasteiger partial charge in [-0.2, -0.15) is 0 Å². The molecule has 0 bridgehead atoms. The van der Waals surface area contributed by atoms with Crippen molar-refractivity contribution in [3.63, 3.8) is 0 Å². The highest BCUT2D eigenvalue weighted by Crippen LogP contribution is 2.76. The predicted molar refractivity (Wildman–Crippen MR) is 347 cm³/mol. The molecule has 10 aliphatic rings. The average molecular weight is 1180 g/mol. The van der Waals surface area contributed by atoms with Crippen LogP contribution < -0.4 is 14.8 Å². The normalized spacial score (nSPS) is 33.2. The van der Waals surface area contributed by atoms with Crippen molar-refractivity contribution >= 4 is 35.0 Å². The molecule has 0 spiro atoms. The molecule has 4 saturated carbocycles. The van der Waals surface area contributed by atoms with E-state index in [0.29, 0.717) is 68.2 Å². The van der Waals surface area contributed by atoms with Crippen LogP contribution in [0.25, 0.3) is 28.0 Å². The standard InChI is InChI=1S/C76H99N4O7/c1-15-78(16-2)52-30-31-55-60(45-52)87-67-51(29-34-64-71(7,8)57-27-19-20-28-59(57)77(64)14)23-21-26-56(67)65(55)53-24-17-18-25-54(53)69(83)79-41-22-42-80(44-43-79)70(84)76-38-35-47(3)48(4)66(76)58-32-33-63-73(11)46-61(85-49(5)81)68(86-50(6)82)72(9,10)62(73)36-37-75(63,13)74(58,12)39-40-76/h17-20,24-25,27-32,34,45,47-48,61-63,66,68H,15-16,21-23,26,33,35-44,46H2,1-14H3/q+1/t47-,48+,61-,62+,63-,66+,68+,73+,74-,75-,76+/m1/s1. The number of nitrogens with zero attached hydrogens (tertiary/aromatic N) is 4. The zero-order chi connectivity index (χ0) is 61.9. The lowest BCUT2D eigenvalue weighted by atomic mass is 9.33. The van der Waals surface area contributed by atoms with Crippen LogP contribution in [0.15, 0.2) is 101 Å². The van der Waals surface area contributed by atoms with Crippen LogP contribution >= 0.6 is 0 Å². The van der Waals surface area contributed by atoms with Gasteiger partial charge in [-0.05, 0) is 178 Å². The zero-order valence-corrected chi connectivity index (χ0v) is 55.0. The molecule has 11 atom stereocenters. The highest BCUT2D eigenvalue weighted by atomic mass is 16.6. The highest BCUT2D eigenvalue weighted by Gasteiger charge is 2.71. The molecular weight excluding hydrogens is 1080 g/mol. The largest absolute Gasteiger partial charge is 0.459 e. The SMILES string of the molecule is CC[N+](CC)=c1ccc2c(-c3ccccc3C(=O)N3CCCN(C(=O)[C@]45CC[C@@H](C)[C@H](C)[C@H]4C4=CC[C@@H]6[C@@]7(C)C[C@@H](OC(C)=O)[C@H](OC(C)=O)C(C)(C)[C@@H]7CC[C@@]6(C)[C@]4(C)CC5)CC3)c3c(oc-2c1)/C(=C/C=C1/N(C)c2ccccc2C1(C)C)CCC3. The van der Waals surface area contributed by atoms with Crippen LogP contribution in [0.2, 0.25) is 0 Å². The number of amides is 2. The predicted octanol–water partition coefficient (Wildman–Crippen LogP) is 14.7. The van der Waals surface area contributed by atoms with Crippen LogP contribution in [0.3, 0.4) is 0 Å². The molecule has 0 N–H and O–H groups in total. The second kappa shape index (κ2) is 22.4. The number of fused-ring (bicyclic) bond motifs is 10. The van der Waals surface area contributed by atoms with E-state index in [1.807, 2.05) is 17.0 Å². The van der Waals surface area contributed by atoms with Gasteiger partial charge < -0.3 is 28.6 Å². The van der Waals surface area contributed by atoms with Gasteiger partial charge in [0, 0.05) is 97.6 Å². The molecule has 7 aliphatic carbocycles. The van der Waals surface area contributed by atoms with Gasteiger partial charge in [-0.1, -0.05) is 116 Å². The molecule has 0 aromatic heterocycles. The Bertz CT molecular complexity index is 3560. The molecule has 0 unspecified atom stereocenters. The third kappa shape index (κ3) is 9.55. The number of hydrogen-bond acceptors (Lipinski definition) is 8. The summed E-state index contributed by atoms with van der Waals surface area (Å²) in [4.78, 5) is 63.6. The third-order valence-electron chi connectivity index (χ3n) is 25.1. The summed E-state index contributed by atoms with van der Waals surface area (Å²) in [5.74, 6) is 2.85. The number of carbonyl (C=O) groups excluding carboxylic acids is 4. The average Bonchev–Trinajstić information content (AvgIpc) is 1.21. The molecular formula is C76H99N4O7+. The number of benzene rings is 3. The Morgan fingerprint density at radius 1 is 0.747 bits per heavy atom.